The molecule has 0 saturated carbocycles. The lowest BCUT2D eigenvalue weighted by Crippen LogP contribution is -2.45. The molecule has 77 heavy (non-hydrogen) atoms. The molecule has 0 bridgehead atoms. The lowest BCUT2D eigenvalue weighted by Gasteiger charge is -2.25. The zero-order valence-electron chi connectivity index (χ0n) is 50.4. The number of phosphoric ester groups is 1. The van der Waals surface area contributed by atoms with Crippen LogP contribution in [0, 0.1) is 0 Å². The average Bonchev–Trinajstić information content (AvgIpc) is 3.39. The van der Waals surface area contributed by atoms with Crippen molar-refractivity contribution >= 4 is 13.7 Å². The summed E-state index contributed by atoms with van der Waals surface area (Å²) in [6.07, 6.45) is 86.0. The van der Waals surface area contributed by atoms with Gasteiger partial charge in [0.05, 0.1) is 39.9 Å². The molecule has 1 amide bonds. The van der Waals surface area contributed by atoms with E-state index in [9.17, 15) is 19.4 Å². The predicted octanol–water partition coefficient (Wildman–Crippen LogP) is 19.7. The van der Waals surface area contributed by atoms with Gasteiger partial charge in [0.1, 0.15) is 13.2 Å². The van der Waals surface area contributed by atoms with Gasteiger partial charge in [-0.3, -0.25) is 13.8 Å². The number of aliphatic hydroxyl groups excluding tert-OH is 1. The van der Waals surface area contributed by atoms with Crippen molar-refractivity contribution in [3.63, 3.8) is 0 Å². The Bertz CT molecular complexity index is 1670. The maximum absolute atomic E-state index is 13.0. The summed E-state index contributed by atoms with van der Waals surface area (Å²) in [6, 6.07) is -0.875. The van der Waals surface area contributed by atoms with Gasteiger partial charge in [0, 0.05) is 6.42 Å². The highest BCUT2D eigenvalue weighted by Crippen LogP contribution is 2.43. The van der Waals surface area contributed by atoms with E-state index in [1.54, 1.807) is 6.08 Å². The molecule has 8 nitrogen and oxygen atoms in total. The second-order valence-electron chi connectivity index (χ2n) is 22.0. The van der Waals surface area contributed by atoms with Crippen LogP contribution in [0.2, 0.25) is 0 Å². The van der Waals surface area contributed by atoms with Crippen LogP contribution >= 0.6 is 7.82 Å². The number of quaternary nitrogens is 1. The first-order valence-electron chi connectivity index (χ1n) is 31.4. The van der Waals surface area contributed by atoms with Gasteiger partial charge in [0.2, 0.25) is 5.91 Å². The van der Waals surface area contributed by atoms with E-state index in [4.69, 9.17) is 9.05 Å². The molecule has 9 heteroatoms. The van der Waals surface area contributed by atoms with Crippen molar-refractivity contribution in [2.75, 3.05) is 40.9 Å². The van der Waals surface area contributed by atoms with Crippen LogP contribution in [-0.2, 0) is 18.4 Å². The Morgan fingerprint density at radius 2 is 0.792 bits per heavy atom. The van der Waals surface area contributed by atoms with E-state index in [0.717, 1.165) is 96.3 Å². The van der Waals surface area contributed by atoms with E-state index in [1.807, 2.05) is 27.2 Å². The number of rotatable bonds is 56. The number of aliphatic hydroxyl groups is 1. The molecule has 442 valence electrons. The molecule has 0 aromatic heterocycles. The molecule has 0 spiro atoms. The highest BCUT2D eigenvalue weighted by Gasteiger charge is 2.27. The highest BCUT2D eigenvalue weighted by molar-refractivity contribution is 7.47. The van der Waals surface area contributed by atoms with E-state index in [-0.39, 0.29) is 19.1 Å². The minimum Gasteiger partial charge on any atom is -0.387 e. The third-order valence-electron chi connectivity index (χ3n) is 13.4. The fourth-order valence-electron chi connectivity index (χ4n) is 8.54. The van der Waals surface area contributed by atoms with Gasteiger partial charge >= 0.3 is 7.82 Å². The minimum absolute atomic E-state index is 0.0499. The lowest BCUT2D eigenvalue weighted by molar-refractivity contribution is -0.870. The number of likely N-dealkylation sites (N-methyl/N-ethyl adjacent to an activating group) is 1. The first kappa shape index (κ1) is 73.9. The summed E-state index contributed by atoms with van der Waals surface area (Å²) in [4.78, 5) is 23.3. The monoisotopic (exact) mass is 1090 g/mol. The summed E-state index contributed by atoms with van der Waals surface area (Å²) in [6.45, 7) is 4.68. The number of nitrogens with one attached hydrogen (secondary N) is 1. The zero-order chi connectivity index (χ0) is 56.3. The Morgan fingerprint density at radius 3 is 1.19 bits per heavy atom. The van der Waals surface area contributed by atoms with E-state index >= 15 is 0 Å². The molecule has 0 aliphatic rings. The van der Waals surface area contributed by atoms with Crippen molar-refractivity contribution in [3.05, 3.63) is 122 Å². The Morgan fingerprint density at radius 1 is 0.455 bits per heavy atom. The van der Waals surface area contributed by atoms with Gasteiger partial charge in [0.15, 0.2) is 0 Å². The molecule has 0 radical (unpaired) electrons. The van der Waals surface area contributed by atoms with Crippen molar-refractivity contribution < 1.29 is 32.9 Å². The first-order valence-corrected chi connectivity index (χ1v) is 32.9. The number of carbonyl (C=O) groups excluding carboxylic acids is 1. The topological polar surface area (TPSA) is 105 Å². The number of amides is 1. The normalized spacial score (nSPS) is 14.6. The number of phosphoric acid groups is 1. The van der Waals surface area contributed by atoms with Crippen molar-refractivity contribution in [1.82, 2.24) is 5.32 Å². The molecular weight excluding hydrogens is 972 g/mol. The Hall–Kier alpha value is -3.10. The largest absolute Gasteiger partial charge is 0.472 e. The van der Waals surface area contributed by atoms with E-state index in [1.165, 1.54) is 135 Å². The fraction of sp³-hybridized carbons (Fsp3) is 0.691. The standard InChI is InChI=1S/C68H119N2O6P/c1-6-8-10-12-14-16-18-20-22-24-26-28-29-30-31-32-33-34-35-36-37-38-39-40-41-42-44-46-48-50-52-54-56-58-60-62-68(72)69-66(65-76-77(73,74)75-64-63-70(3,4)5)67(71)61-59-57-55-53-51-49-47-45-43-27-25-23-21-19-17-15-13-11-9-7-2/h8,10,14,16,20,22,26,28,30-31,33-34,36-37,39-40,51,53,59,61,66-67,71H,6-7,9,11-13,15,17-19,21,23-25,27,29,32,35,38,41-50,52,54-58,60,62-65H2,1-5H3,(H-,69,72,73,74)/p+1/b10-8-,16-14-,22-20-,28-26-,31-30-,34-33-,37-36-,40-39-,53-51+,61-59+. The van der Waals surface area contributed by atoms with Gasteiger partial charge in [-0.2, -0.15) is 0 Å². The molecule has 0 saturated heterocycles. The number of unbranched alkanes of at least 4 members (excludes halogenated alkanes) is 25. The third kappa shape index (κ3) is 60.4. The van der Waals surface area contributed by atoms with Crippen LogP contribution in [0.15, 0.2) is 122 Å². The van der Waals surface area contributed by atoms with E-state index in [2.05, 4.69) is 129 Å². The van der Waals surface area contributed by atoms with Gasteiger partial charge in [-0.25, -0.2) is 4.57 Å². The second-order valence-corrected chi connectivity index (χ2v) is 23.5. The Kier molecular flexibility index (Phi) is 55.3. The van der Waals surface area contributed by atoms with Crippen LogP contribution in [0.25, 0.3) is 0 Å². The van der Waals surface area contributed by atoms with Crippen LogP contribution in [0.5, 0.6) is 0 Å². The molecule has 0 aromatic rings. The molecule has 3 unspecified atom stereocenters. The smallest absolute Gasteiger partial charge is 0.387 e. The zero-order valence-corrected chi connectivity index (χ0v) is 51.3. The van der Waals surface area contributed by atoms with Gasteiger partial charge < -0.3 is 19.8 Å². The lowest BCUT2D eigenvalue weighted by atomic mass is 10.0. The Balaban J connectivity index is 4.20. The fourth-order valence-corrected chi connectivity index (χ4v) is 9.28. The SMILES string of the molecule is CC/C=C\C/C=C\C/C=C\C/C=C\C/C=C\C/C=C\C/C=C\C/C=C\CCCCCCCCCCCCC(=O)NC(COP(=O)(O)OCC[N+](C)(C)C)C(O)/C=C/CC/C=C/CCCCCCCCCCCCCCCC. The van der Waals surface area contributed by atoms with Crippen molar-refractivity contribution in [3.8, 4) is 0 Å². The predicted molar refractivity (Wildman–Crippen MR) is 336 cm³/mol. The third-order valence-corrected chi connectivity index (χ3v) is 14.4. The van der Waals surface area contributed by atoms with Gasteiger partial charge in [0.25, 0.3) is 0 Å². The second kappa shape index (κ2) is 57.6. The summed E-state index contributed by atoms with van der Waals surface area (Å²) in [7, 11) is 1.54. The maximum atomic E-state index is 13.0. The highest BCUT2D eigenvalue weighted by atomic mass is 31.2. The first-order chi connectivity index (χ1) is 37.5. The molecule has 3 N–H and O–H groups in total. The molecule has 0 rings (SSSR count). The van der Waals surface area contributed by atoms with Gasteiger partial charge in [-0.15, -0.1) is 0 Å². The van der Waals surface area contributed by atoms with Crippen LogP contribution in [0.4, 0.5) is 0 Å². The average molecular weight is 1090 g/mol. The molecule has 0 fully saturated rings. The number of carbonyl (C=O) groups is 1. The van der Waals surface area contributed by atoms with E-state index < -0.39 is 20.0 Å². The molecule has 0 aliphatic carbocycles. The quantitative estimate of drug-likeness (QED) is 0.0243. The summed E-state index contributed by atoms with van der Waals surface area (Å²) in [5, 5.41) is 13.9. The summed E-state index contributed by atoms with van der Waals surface area (Å²) in [5.41, 5.74) is 0. The van der Waals surface area contributed by atoms with Crippen molar-refractivity contribution in [2.45, 2.75) is 264 Å². The van der Waals surface area contributed by atoms with E-state index in [0.29, 0.717) is 17.4 Å². The van der Waals surface area contributed by atoms with Crippen LogP contribution in [0.3, 0.4) is 0 Å². The Labute approximate surface area is 475 Å². The molecule has 3 atom stereocenters. The molecular formula is C68H120N2O6P+. The van der Waals surface area contributed by atoms with Crippen LogP contribution in [-0.4, -0.2) is 73.4 Å². The summed E-state index contributed by atoms with van der Waals surface area (Å²) in [5.74, 6) is -0.195. The minimum atomic E-state index is -4.37. The number of nitrogens with zero attached hydrogens (tertiary/aromatic N) is 1. The van der Waals surface area contributed by atoms with Gasteiger partial charge in [-0.1, -0.05) is 270 Å². The van der Waals surface area contributed by atoms with Crippen molar-refractivity contribution in [2.24, 2.45) is 0 Å². The number of allylic oxidation sites excluding steroid dienone is 19. The van der Waals surface area contributed by atoms with Crippen LogP contribution in [0.1, 0.15) is 251 Å². The number of hydrogen-bond donors (Lipinski definition) is 3. The maximum Gasteiger partial charge on any atom is 0.472 e. The summed E-state index contributed by atoms with van der Waals surface area (Å²) >= 11 is 0. The molecule has 0 aromatic carbocycles. The molecule has 0 heterocycles. The summed E-state index contributed by atoms with van der Waals surface area (Å²) < 4.78 is 23.7. The molecule has 0 aliphatic heterocycles. The van der Waals surface area contributed by atoms with Crippen LogP contribution < -0.4 is 5.32 Å². The van der Waals surface area contributed by atoms with Gasteiger partial charge in [-0.05, 0) is 96.3 Å². The van der Waals surface area contributed by atoms with Crippen molar-refractivity contribution in [1.29, 1.82) is 0 Å². The number of hydrogen-bond acceptors (Lipinski definition) is 5.